The summed E-state index contributed by atoms with van der Waals surface area (Å²) in [5.41, 5.74) is 0. The van der Waals surface area contributed by atoms with Crippen LogP contribution < -0.4 is 0 Å². The van der Waals surface area contributed by atoms with Gasteiger partial charge in [0.1, 0.15) is 6.04 Å². The topological polar surface area (TPSA) is 83.9 Å². The number of methoxy groups -OCH3 is 1. The van der Waals surface area contributed by atoms with Crippen LogP contribution in [0.5, 0.6) is 0 Å². The van der Waals surface area contributed by atoms with Crippen LogP contribution in [0.3, 0.4) is 0 Å². The summed E-state index contributed by atoms with van der Waals surface area (Å²) in [6.07, 6.45) is 3.61. The molecular formula is C13H19NO5. The number of hydrogen-bond donors (Lipinski definition) is 1. The molecule has 1 N–H and O–H groups in total. The molecule has 2 heterocycles. The van der Waals surface area contributed by atoms with Crippen molar-refractivity contribution in [3.05, 3.63) is 0 Å². The molecule has 0 aromatic rings. The maximum absolute atomic E-state index is 12.4. The van der Waals surface area contributed by atoms with Gasteiger partial charge in [-0.25, -0.2) is 4.79 Å². The summed E-state index contributed by atoms with van der Waals surface area (Å²) in [4.78, 5) is 36.5. The van der Waals surface area contributed by atoms with Gasteiger partial charge in [-0.15, -0.1) is 0 Å². The molecule has 2 rings (SSSR count). The van der Waals surface area contributed by atoms with Crippen molar-refractivity contribution in [3.8, 4) is 0 Å². The Morgan fingerprint density at radius 3 is 2.68 bits per heavy atom. The monoisotopic (exact) mass is 269 g/mol. The summed E-state index contributed by atoms with van der Waals surface area (Å²) in [6, 6.07) is -0.702. The summed E-state index contributed by atoms with van der Waals surface area (Å²) in [6.45, 7) is 0. The Hall–Kier alpha value is -1.59. The molecule has 0 spiro atoms. The number of carbonyl (C=O) groups is 3. The van der Waals surface area contributed by atoms with E-state index in [9.17, 15) is 19.5 Å². The van der Waals surface area contributed by atoms with Gasteiger partial charge in [0.05, 0.1) is 13.5 Å². The first kappa shape index (κ1) is 13.8. The van der Waals surface area contributed by atoms with Gasteiger partial charge in [-0.1, -0.05) is 6.42 Å². The van der Waals surface area contributed by atoms with Gasteiger partial charge in [0, 0.05) is 12.0 Å². The molecule has 2 fully saturated rings. The molecule has 19 heavy (non-hydrogen) atoms. The highest BCUT2D eigenvalue weighted by Crippen LogP contribution is 2.34. The molecule has 0 saturated carbocycles. The van der Waals surface area contributed by atoms with Crippen molar-refractivity contribution < 1.29 is 24.2 Å². The third kappa shape index (κ3) is 2.72. The molecule has 2 aliphatic heterocycles. The van der Waals surface area contributed by atoms with Gasteiger partial charge in [-0.05, 0) is 25.7 Å². The Bertz CT molecular complexity index is 394. The van der Waals surface area contributed by atoms with E-state index in [1.165, 1.54) is 12.0 Å². The number of esters is 1. The zero-order chi connectivity index (χ0) is 14.0. The molecule has 0 aromatic carbocycles. The van der Waals surface area contributed by atoms with Gasteiger partial charge in [0.2, 0.25) is 5.91 Å². The van der Waals surface area contributed by atoms with Crippen LogP contribution in [-0.4, -0.2) is 47.0 Å². The number of fused-ring (bicyclic) bond motifs is 1. The number of carboxylic acids is 1. The van der Waals surface area contributed by atoms with Crippen LogP contribution in [-0.2, 0) is 19.1 Å². The molecule has 106 valence electrons. The molecule has 0 radical (unpaired) electrons. The molecular weight excluding hydrogens is 250 g/mol. The number of hydrogen-bond acceptors (Lipinski definition) is 4. The summed E-state index contributed by atoms with van der Waals surface area (Å²) < 4.78 is 4.60. The Kier molecular flexibility index (Phi) is 4.07. The van der Waals surface area contributed by atoms with Gasteiger partial charge in [0.25, 0.3) is 0 Å². The molecule has 2 saturated heterocycles. The van der Waals surface area contributed by atoms with Gasteiger partial charge in [0.15, 0.2) is 0 Å². The van der Waals surface area contributed by atoms with Crippen molar-refractivity contribution in [2.45, 2.75) is 50.6 Å². The normalized spacial score (nSPS) is 30.7. The van der Waals surface area contributed by atoms with Crippen LogP contribution in [0.25, 0.3) is 0 Å². The Balaban J connectivity index is 2.15. The molecule has 0 unspecified atom stereocenters. The SMILES string of the molecule is COC(=O)C[C@H]1CCC[C@@H]2CC[C@@H](C(=O)O)N2C1=O. The minimum Gasteiger partial charge on any atom is -0.480 e. The lowest BCUT2D eigenvalue weighted by Gasteiger charge is -2.28. The zero-order valence-corrected chi connectivity index (χ0v) is 11.0. The van der Waals surface area contributed by atoms with Gasteiger partial charge >= 0.3 is 11.9 Å². The van der Waals surface area contributed by atoms with E-state index in [1.807, 2.05) is 0 Å². The van der Waals surface area contributed by atoms with E-state index < -0.39 is 23.9 Å². The van der Waals surface area contributed by atoms with Crippen LogP contribution in [0.4, 0.5) is 0 Å². The molecule has 0 aliphatic carbocycles. The molecule has 0 bridgehead atoms. The lowest BCUT2D eigenvalue weighted by Crippen LogP contribution is -2.46. The minimum atomic E-state index is -0.949. The maximum atomic E-state index is 12.4. The van der Waals surface area contributed by atoms with E-state index >= 15 is 0 Å². The van der Waals surface area contributed by atoms with Crippen molar-refractivity contribution in [3.63, 3.8) is 0 Å². The quantitative estimate of drug-likeness (QED) is 0.766. The zero-order valence-electron chi connectivity index (χ0n) is 11.0. The van der Waals surface area contributed by atoms with E-state index in [0.29, 0.717) is 12.8 Å². The van der Waals surface area contributed by atoms with E-state index in [0.717, 1.165) is 19.3 Å². The first-order valence-corrected chi connectivity index (χ1v) is 6.66. The number of rotatable bonds is 3. The molecule has 6 heteroatoms. The first-order chi connectivity index (χ1) is 9.04. The van der Waals surface area contributed by atoms with Gasteiger partial charge in [-0.3, -0.25) is 9.59 Å². The van der Waals surface area contributed by atoms with Crippen LogP contribution in [0, 0.1) is 5.92 Å². The summed E-state index contributed by atoms with van der Waals surface area (Å²) in [7, 11) is 1.29. The molecule has 0 aromatic heterocycles. The fourth-order valence-corrected chi connectivity index (χ4v) is 3.15. The highest BCUT2D eigenvalue weighted by atomic mass is 16.5. The fourth-order valence-electron chi connectivity index (χ4n) is 3.15. The second-order valence-corrected chi connectivity index (χ2v) is 5.24. The number of carboxylic acid groups (broad SMARTS) is 1. The van der Waals surface area contributed by atoms with E-state index in [-0.39, 0.29) is 18.4 Å². The lowest BCUT2D eigenvalue weighted by molar-refractivity contribution is -0.153. The van der Waals surface area contributed by atoms with Crippen LogP contribution >= 0.6 is 0 Å². The third-order valence-corrected chi connectivity index (χ3v) is 4.12. The average molecular weight is 269 g/mol. The number of amides is 1. The molecule has 2 aliphatic rings. The summed E-state index contributed by atoms with van der Waals surface area (Å²) >= 11 is 0. The molecule has 3 atom stereocenters. The molecule has 6 nitrogen and oxygen atoms in total. The largest absolute Gasteiger partial charge is 0.480 e. The minimum absolute atomic E-state index is 0.0243. The number of ether oxygens (including phenoxy) is 1. The van der Waals surface area contributed by atoms with E-state index in [2.05, 4.69) is 4.74 Å². The second-order valence-electron chi connectivity index (χ2n) is 5.24. The predicted octanol–water partition coefficient (Wildman–Crippen LogP) is 0.794. The van der Waals surface area contributed by atoms with Crippen LogP contribution in [0.15, 0.2) is 0 Å². The Morgan fingerprint density at radius 1 is 1.32 bits per heavy atom. The highest BCUT2D eigenvalue weighted by molar-refractivity contribution is 5.88. The average Bonchev–Trinajstić information content (AvgIpc) is 2.74. The summed E-state index contributed by atoms with van der Waals surface area (Å²) in [5, 5.41) is 9.19. The van der Waals surface area contributed by atoms with E-state index in [4.69, 9.17) is 0 Å². The Morgan fingerprint density at radius 2 is 2.05 bits per heavy atom. The number of carbonyl (C=O) groups excluding carboxylic acids is 2. The predicted molar refractivity (Wildman–Crippen MR) is 65.3 cm³/mol. The van der Waals surface area contributed by atoms with Crippen LogP contribution in [0.1, 0.15) is 38.5 Å². The number of aliphatic carboxylic acids is 1. The van der Waals surface area contributed by atoms with E-state index in [1.54, 1.807) is 0 Å². The Labute approximate surface area is 111 Å². The first-order valence-electron chi connectivity index (χ1n) is 6.66. The maximum Gasteiger partial charge on any atom is 0.326 e. The van der Waals surface area contributed by atoms with Crippen molar-refractivity contribution in [1.82, 2.24) is 4.90 Å². The highest BCUT2D eigenvalue weighted by Gasteiger charge is 2.44. The second kappa shape index (κ2) is 5.59. The summed E-state index contributed by atoms with van der Waals surface area (Å²) in [5.74, 6) is -1.99. The van der Waals surface area contributed by atoms with Crippen molar-refractivity contribution in [1.29, 1.82) is 0 Å². The number of nitrogens with zero attached hydrogens (tertiary/aromatic N) is 1. The van der Waals surface area contributed by atoms with Gasteiger partial charge < -0.3 is 14.7 Å². The molecule has 1 amide bonds. The lowest BCUT2D eigenvalue weighted by atomic mass is 9.97. The third-order valence-electron chi connectivity index (χ3n) is 4.12. The van der Waals surface area contributed by atoms with Gasteiger partial charge in [-0.2, -0.15) is 0 Å². The van der Waals surface area contributed by atoms with Crippen LogP contribution in [0.2, 0.25) is 0 Å². The van der Waals surface area contributed by atoms with Crippen molar-refractivity contribution in [2.75, 3.05) is 7.11 Å². The van der Waals surface area contributed by atoms with Crippen molar-refractivity contribution >= 4 is 17.8 Å². The smallest absolute Gasteiger partial charge is 0.326 e. The van der Waals surface area contributed by atoms with Crippen molar-refractivity contribution in [2.24, 2.45) is 5.92 Å². The standard InChI is InChI=1S/C13H19NO5/c1-19-11(15)7-8-3-2-4-9-5-6-10(13(17)18)14(9)12(8)16/h8-10H,2-7H2,1H3,(H,17,18)/t8-,9-,10+/m1/s1. The fraction of sp³-hybridized carbons (Fsp3) is 0.769.